The van der Waals surface area contributed by atoms with Gasteiger partial charge in [-0.25, -0.2) is 0 Å². The Morgan fingerprint density at radius 2 is 2.21 bits per heavy atom. The number of carbonyl (C=O) groups is 1. The molecule has 4 nitrogen and oxygen atoms in total. The van der Waals surface area contributed by atoms with Crippen molar-refractivity contribution in [1.82, 2.24) is 10.2 Å². The molecule has 0 spiro atoms. The standard InChI is InChI=1S/C15H24N2O2/c1-5-14(15(18)17(4)10-9-16-3)19-13-8-6-7-12(2)11-13/h6-8,11,14,16H,5,9-10H2,1-4H3. The largest absolute Gasteiger partial charge is 0.481 e. The van der Waals surface area contributed by atoms with Gasteiger partial charge in [0.05, 0.1) is 0 Å². The Morgan fingerprint density at radius 1 is 1.47 bits per heavy atom. The second-order valence-corrected chi connectivity index (χ2v) is 4.69. The lowest BCUT2D eigenvalue weighted by Gasteiger charge is -2.23. The van der Waals surface area contributed by atoms with Crippen LogP contribution in [0.4, 0.5) is 0 Å². The van der Waals surface area contributed by atoms with Gasteiger partial charge in [0, 0.05) is 20.1 Å². The predicted molar refractivity (Wildman–Crippen MR) is 77.4 cm³/mol. The summed E-state index contributed by atoms with van der Waals surface area (Å²) < 4.78 is 5.80. The van der Waals surface area contributed by atoms with Crippen LogP contribution in [-0.4, -0.2) is 44.1 Å². The molecule has 19 heavy (non-hydrogen) atoms. The topological polar surface area (TPSA) is 41.6 Å². The maximum Gasteiger partial charge on any atom is 0.263 e. The first kappa shape index (κ1) is 15.5. The van der Waals surface area contributed by atoms with Gasteiger partial charge in [-0.05, 0) is 38.1 Å². The Morgan fingerprint density at radius 3 is 2.79 bits per heavy atom. The van der Waals surface area contributed by atoms with Crippen molar-refractivity contribution in [1.29, 1.82) is 0 Å². The van der Waals surface area contributed by atoms with Crippen molar-refractivity contribution in [2.45, 2.75) is 26.4 Å². The molecule has 0 saturated heterocycles. The number of hydrogen-bond donors (Lipinski definition) is 1. The van der Waals surface area contributed by atoms with Crippen molar-refractivity contribution >= 4 is 5.91 Å². The third-order valence-corrected chi connectivity index (χ3v) is 2.99. The summed E-state index contributed by atoms with van der Waals surface area (Å²) in [5.41, 5.74) is 1.13. The fourth-order valence-corrected chi connectivity index (χ4v) is 1.80. The molecule has 0 bridgehead atoms. The first-order chi connectivity index (χ1) is 9.08. The van der Waals surface area contributed by atoms with Gasteiger partial charge in [-0.3, -0.25) is 4.79 Å². The van der Waals surface area contributed by atoms with Crippen LogP contribution in [0.5, 0.6) is 5.75 Å². The highest BCUT2D eigenvalue weighted by Gasteiger charge is 2.21. The fourth-order valence-electron chi connectivity index (χ4n) is 1.80. The molecule has 1 rings (SSSR count). The first-order valence-electron chi connectivity index (χ1n) is 6.71. The van der Waals surface area contributed by atoms with E-state index in [1.165, 1.54) is 0 Å². The van der Waals surface area contributed by atoms with Crippen LogP contribution in [0.3, 0.4) is 0 Å². The van der Waals surface area contributed by atoms with Crippen LogP contribution >= 0.6 is 0 Å². The zero-order chi connectivity index (χ0) is 14.3. The Hall–Kier alpha value is -1.55. The summed E-state index contributed by atoms with van der Waals surface area (Å²) in [4.78, 5) is 14.0. The zero-order valence-electron chi connectivity index (χ0n) is 12.3. The van der Waals surface area contributed by atoms with Gasteiger partial charge in [0.2, 0.25) is 0 Å². The zero-order valence-corrected chi connectivity index (χ0v) is 12.3. The lowest BCUT2D eigenvalue weighted by molar-refractivity contribution is -0.137. The quantitative estimate of drug-likeness (QED) is 0.817. The van der Waals surface area contributed by atoms with E-state index in [1.54, 1.807) is 4.90 Å². The molecule has 106 valence electrons. The van der Waals surface area contributed by atoms with Gasteiger partial charge in [0.25, 0.3) is 5.91 Å². The highest BCUT2D eigenvalue weighted by Crippen LogP contribution is 2.16. The van der Waals surface area contributed by atoms with Crippen molar-refractivity contribution in [2.24, 2.45) is 0 Å². The van der Waals surface area contributed by atoms with Crippen LogP contribution in [0.25, 0.3) is 0 Å². The number of carbonyl (C=O) groups excluding carboxylic acids is 1. The molecule has 1 amide bonds. The Bertz CT molecular complexity index is 407. The molecule has 0 aliphatic carbocycles. The van der Waals surface area contributed by atoms with Crippen LogP contribution in [0.1, 0.15) is 18.9 Å². The van der Waals surface area contributed by atoms with Gasteiger partial charge in [-0.15, -0.1) is 0 Å². The number of ether oxygens (including phenoxy) is 1. The summed E-state index contributed by atoms with van der Waals surface area (Å²) in [6.07, 6.45) is 0.250. The first-order valence-corrected chi connectivity index (χ1v) is 6.71. The number of hydrogen-bond acceptors (Lipinski definition) is 3. The molecule has 0 heterocycles. The summed E-state index contributed by atoms with van der Waals surface area (Å²) in [6.45, 7) is 5.44. The number of rotatable bonds is 7. The van der Waals surface area contributed by atoms with Crippen LogP contribution in [0.2, 0.25) is 0 Å². The van der Waals surface area contributed by atoms with E-state index in [0.29, 0.717) is 13.0 Å². The monoisotopic (exact) mass is 264 g/mol. The molecule has 0 aliphatic rings. The lowest BCUT2D eigenvalue weighted by atomic mass is 10.2. The Balaban J connectivity index is 2.64. The summed E-state index contributed by atoms with van der Waals surface area (Å²) in [5.74, 6) is 0.779. The van der Waals surface area contributed by atoms with Crippen LogP contribution < -0.4 is 10.1 Å². The van der Waals surface area contributed by atoms with Gasteiger partial charge in [-0.1, -0.05) is 19.1 Å². The van der Waals surface area contributed by atoms with Crippen LogP contribution in [-0.2, 0) is 4.79 Å². The number of likely N-dealkylation sites (N-methyl/N-ethyl adjacent to an activating group) is 2. The van der Waals surface area contributed by atoms with Crippen LogP contribution in [0, 0.1) is 6.92 Å². The van der Waals surface area contributed by atoms with Gasteiger partial charge in [0.15, 0.2) is 6.10 Å². The van der Waals surface area contributed by atoms with Gasteiger partial charge in [-0.2, -0.15) is 0 Å². The second kappa shape index (κ2) is 7.79. The molecule has 1 unspecified atom stereocenters. The SMILES string of the molecule is CCC(Oc1cccc(C)c1)C(=O)N(C)CCNC. The van der Waals surface area contributed by atoms with E-state index in [2.05, 4.69) is 5.32 Å². The highest BCUT2D eigenvalue weighted by atomic mass is 16.5. The third-order valence-electron chi connectivity index (χ3n) is 2.99. The molecule has 1 aromatic rings. The molecule has 0 aliphatic heterocycles. The Labute approximate surface area is 115 Å². The summed E-state index contributed by atoms with van der Waals surface area (Å²) >= 11 is 0. The van der Waals surface area contributed by atoms with E-state index >= 15 is 0 Å². The summed E-state index contributed by atoms with van der Waals surface area (Å²) in [6, 6.07) is 7.78. The number of amides is 1. The van der Waals surface area contributed by atoms with Gasteiger partial charge in [0.1, 0.15) is 5.75 Å². The van der Waals surface area contributed by atoms with Gasteiger partial charge < -0.3 is 15.0 Å². The molecular weight excluding hydrogens is 240 g/mol. The molecular formula is C15H24N2O2. The highest BCUT2D eigenvalue weighted by molar-refractivity contribution is 5.81. The molecule has 0 saturated carbocycles. The van der Waals surface area contributed by atoms with E-state index in [9.17, 15) is 4.79 Å². The van der Waals surface area contributed by atoms with Crippen molar-refractivity contribution in [3.8, 4) is 5.75 Å². The molecule has 0 fully saturated rings. The maximum absolute atomic E-state index is 12.2. The van der Waals surface area contributed by atoms with Crippen molar-refractivity contribution in [3.63, 3.8) is 0 Å². The fraction of sp³-hybridized carbons (Fsp3) is 0.533. The van der Waals surface area contributed by atoms with E-state index in [1.807, 2.05) is 52.2 Å². The summed E-state index contributed by atoms with van der Waals surface area (Å²) in [5, 5.41) is 3.03. The van der Waals surface area contributed by atoms with E-state index in [0.717, 1.165) is 17.9 Å². The maximum atomic E-state index is 12.2. The minimum absolute atomic E-state index is 0.0271. The van der Waals surface area contributed by atoms with Crippen molar-refractivity contribution in [3.05, 3.63) is 29.8 Å². The normalized spacial score (nSPS) is 12.0. The molecule has 1 atom stereocenters. The van der Waals surface area contributed by atoms with Crippen LogP contribution in [0.15, 0.2) is 24.3 Å². The van der Waals surface area contributed by atoms with E-state index in [-0.39, 0.29) is 5.91 Å². The molecule has 4 heteroatoms. The lowest BCUT2D eigenvalue weighted by Crippen LogP contribution is -2.41. The van der Waals surface area contributed by atoms with Gasteiger partial charge >= 0.3 is 0 Å². The number of nitrogens with one attached hydrogen (secondary N) is 1. The van der Waals surface area contributed by atoms with Crippen molar-refractivity contribution in [2.75, 3.05) is 27.2 Å². The summed E-state index contributed by atoms with van der Waals surface area (Å²) in [7, 11) is 3.68. The number of nitrogens with zero attached hydrogens (tertiary/aromatic N) is 1. The number of benzene rings is 1. The smallest absolute Gasteiger partial charge is 0.263 e. The minimum atomic E-state index is -0.413. The second-order valence-electron chi connectivity index (χ2n) is 4.69. The minimum Gasteiger partial charge on any atom is -0.481 e. The number of aryl methyl sites for hydroxylation is 1. The third kappa shape index (κ3) is 4.91. The molecule has 0 radical (unpaired) electrons. The molecule has 0 aromatic heterocycles. The van der Waals surface area contributed by atoms with E-state index in [4.69, 9.17) is 4.74 Å². The molecule has 1 N–H and O–H groups in total. The molecule has 1 aromatic carbocycles. The Kier molecular flexibility index (Phi) is 6.36. The average Bonchev–Trinajstić information content (AvgIpc) is 2.41. The van der Waals surface area contributed by atoms with E-state index < -0.39 is 6.10 Å². The predicted octanol–water partition coefficient (Wildman–Crippen LogP) is 1.83. The van der Waals surface area contributed by atoms with Crippen molar-refractivity contribution < 1.29 is 9.53 Å². The average molecular weight is 264 g/mol.